The van der Waals surface area contributed by atoms with Gasteiger partial charge in [0, 0.05) is 38.4 Å². The van der Waals surface area contributed by atoms with Crippen LogP contribution < -0.4 is 5.32 Å². The lowest BCUT2D eigenvalue weighted by Crippen LogP contribution is -2.34. The van der Waals surface area contributed by atoms with Crippen molar-refractivity contribution < 1.29 is 9.59 Å². The maximum Gasteiger partial charge on any atom is 0.224 e. The minimum atomic E-state index is 0.00228. The Morgan fingerprint density at radius 2 is 1.76 bits per heavy atom. The number of alkyl halides is 1. The molecule has 0 rings (SSSR count). The van der Waals surface area contributed by atoms with E-state index in [-0.39, 0.29) is 11.8 Å². The van der Waals surface area contributed by atoms with Gasteiger partial charge < -0.3 is 10.2 Å². The van der Waals surface area contributed by atoms with Crippen LogP contribution >= 0.6 is 11.6 Å². The molecule has 17 heavy (non-hydrogen) atoms. The summed E-state index contributed by atoms with van der Waals surface area (Å²) in [6.45, 7) is 5.77. The predicted octanol–water partition coefficient (Wildman–Crippen LogP) is 1.77. The van der Waals surface area contributed by atoms with Gasteiger partial charge in [0.25, 0.3) is 0 Å². The average molecular weight is 263 g/mol. The maximum atomic E-state index is 11.6. The summed E-state index contributed by atoms with van der Waals surface area (Å²) < 4.78 is 0. The molecule has 4 nitrogen and oxygen atoms in total. The third-order valence-corrected chi connectivity index (χ3v) is 2.83. The van der Waals surface area contributed by atoms with E-state index in [0.29, 0.717) is 25.3 Å². The van der Waals surface area contributed by atoms with Gasteiger partial charge in [-0.1, -0.05) is 0 Å². The van der Waals surface area contributed by atoms with Crippen molar-refractivity contribution in [3.8, 4) is 0 Å². The van der Waals surface area contributed by atoms with Crippen molar-refractivity contribution in [2.24, 2.45) is 0 Å². The summed E-state index contributed by atoms with van der Waals surface area (Å²) in [4.78, 5) is 24.7. The molecule has 100 valence electrons. The van der Waals surface area contributed by atoms with Gasteiger partial charge in [-0.2, -0.15) is 0 Å². The molecule has 5 heteroatoms. The second-order valence-electron chi connectivity index (χ2n) is 3.81. The Hall–Kier alpha value is -0.770. The van der Waals surface area contributed by atoms with E-state index in [2.05, 4.69) is 5.32 Å². The van der Waals surface area contributed by atoms with Crippen LogP contribution in [0.3, 0.4) is 0 Å². The van der Waals surface area contributed by atoms with Crippen molar-refractivity contribution in [2.75, 3.05) is 25.5 Å². The highest BCUT2D eigenvalue weighted by atomic mass is 35.5. The number of nitrogens with zero attached hydrogens (tertiary/aromatic N) is 1. The number of carbonyl (C=O) groups is 2. The Bertz CT molecular complexity index is 231. The molecular formula is C12H23ClN2O2. The van der Waals surface area contributed by atoms with E-state index in [1.807, 2.05) is 13.8 Å². The fourth-order valence-electron chi connectivity index (χ4n) is 1.51. The van der Waals surface area contributed by atoms with Gasteiger partial charge in [0.2, 0.25) is 11.8 Å². The van der Waals surface area contributed by atoms with Crippen molar-refractivity contribution in [1.29, 1.82) is 0 Å². The quantitative estimate of drug-likeness (QED) is 0.509. The molecule has 0 aromatic rings. The van der Waals surface area contributed by atoms with Gasteiger partial charge >= 0.3 is 0 Å². The highest BCUT2D eigenvalue weighted by molar-refractivity contribution is 6.17. The molecule has 0 aliphatic carbocycles. The van der Waals surface area contributed by atoms with Gasteiger partial charge in [0.15, 0.2) is 0 Å². The van der Waals surface area contributed by atoms with Crippen LogP contribution in [0.25, 0.3) is 0 Å². The molecule has 2 amide bonds. The lowest BCUT2D eigenvalue weighted by atomic mass is 10.2. The number of hydrogen-bond acceptors (Lipinski definition) is 2. The number of nitrogens with one attached hydrogen (secondary N) is 1. The fraction of sp³-hybridized carbons (Fsp3) is 0.833. The van der Waals surface area contributed by atoms with Crippen molar-refractivity contribution in [3.63, 3.8) is 0 Å². The average Bonchev–Trinajstić information content (AvgIpc) is 2.31. The highest BCUT2D eigenvalue weighted by Gasteiger charge is 2.09. The Morgan fingerprint density at radius 3 is 2.29 bits per heavy atom. The Morgan fingerprint density at radius 1 is 1.12 bits per heavy atom. The van der Waals surface area contributed by atoms with Gasteiger partial charge in [0.1, 0.15) is 0 Å². The first-order valence-corrected chi connectivity index (χ1v) is 6.79. The SMILES string of the molecule is CCN(CC)C(=O)CCNC(=O)CCCCCl. The molecule has 0 bridgehead atoms. The molecule has 0 heterocycles. The van der Waals surface area contributed by atoms with Crippen LogP contribution in [0, 0.1) is 0 Å². The third-order valence-electron chi connectivity index (χ3n) is 2.56. The fourth-order valence-corrected chi connectivity index (χ4v) is 1.70. The zero-order chi connectivity index (χ0) is 13.1. The normalized spacial score (nSPS) is 10.1. The van der Waals surface area contributed by atoms with Crippen LogP contribution in [0.5, 0.6) is 0 Å². The van der Waals surface area contributed by atoms with E-state index in [1.54, 1.807) is 4.90 Å². The first-order chi connectivity index (χ1) is 8.15. The van der Waals surface area contributed by atoms with Crippen LogP contribution in [-0.2, 0) is 9.59 Å². The van der Waals surface area contributed by atoms with E-state index in [9.17, 15) is 9.59 Å². The van der Waals surface area contributed by atoms with Crippen LogP contribution in [-0.4, -0.2) is 42.2 Å². The molecule has 0 fully saturated rings. The molecule has 0 radical (unpaired) electrons. The summed E-state index contributed by atoms with van der Waals surface area (Å²) in [5.74, 6) is 0.687. The van der Waals surface area contributed by atoms with Crippen LogP contribution in [0.15, 0.2) is 0 Å². The highest BCUT2D eigenvalue weighted by Crippen LogP contribution is 1.97. The van der Waals surface area contributed by atoms with E-state index in [0.717, 1.165) is 25.9 Å². The topological polar surface area (TPSA) is 49.4 Å². The molecule has 0 aliphatic rings. The molecule has 0 saturated carbocycles. The number of unbranched alkanes of at least 4 members (excludes halogenated alkanes) is 1. The monoisotopic (exact) mass is 262 g/mol. The third kappa shape index (κ3) is 8.02. The zero-order valence-corrected chi connectivity index (χ0v) is 11.6. The zero-order valence-electron chi connectivity index (χ0n) is 10.8. The van der Waals surface area contributed by atoms with Gasteiger partial charge in [0.05, 0.1) is 0 Å². The molecule has 0 spiro atoms. The van der Waals surface area contributed by atoms with Gasteiger partial charge in [-0.05, 0) is 26.7 Å². The van der Waals surface area contributed by atoms with E-state index in [4.69, 9.17) is 11.6 Å². The summed E-state index contributed by atoms with van der Waals surface area (Å²) in [5, 5.41) is 2.75. The number of carbonyl (C=O) groups excluding carboxylic acids is 2. The van der Waals surface area contributed by atoms with E-state index >= 15 is 0 Å². The number of halogens is 1. The van der Waals surface area contributed by atoms with Gasteiger partial charge in [-0.25, -0.2) is 0 Å². The van der Waals surface area contributed by atoms with Crippen LogP contribution in [0.1, 0.15) is 39.5 Å². The Balaban J connectivity index is 3.61. The summed E-state index contributed by atoms with van der Waals surface area (Å²) in [7, 11) is 0. The van der Waals surface area contributed by atoms with Gasteiger partial charge in [-0.3, -0.25) is 9.59 Å². The second kappa shape index (κ2) is 10.4. The van der Waals surface area contributed by atoms with Crippen LogP contribution in [0.4, 0.5) is 0 Å². The summed E-state index contributed by atoms with van der Waals surface area (Å²) in [6.07, 6.45) is 2.53. The molecule has 0 saturated heterocycles. The van der Waals surface area contributed by atoms with Crippen molar-refractivity contribution in [3.05, 3.63) is 0 Å². The minimum absolute atomic E-state index is 0.00228. The standard InChI is InChI=1S/C12H23ClN2O2/c1-3-15(4-2)12(17)8-10-14-11(16)7-5-6-9-13/h3-10H2,1-2H3,(H,14,16). The van der Waals surface area contributed by atoms with E-state index in [1.165, 1.54) is 0 Å². The molecule has 1 N–H and O–H groups in total. The summed E-state index contributed by atoms with van der Waals surface area (Å²) in [5.41, 5.74) is 0. The predicted molar refractivity (Wildman–Crippen MR) is 70.1 cm³/mol. The number of amides is 2. The summed E-state index contributed by atoms with van der Waals surface area (Å²) >= 11 is 5.52. The number of hydrogen-bond donors (Lipinski definition) is 1. The van der Waals surface area contributed by atoms with E-state index < -0.39 is 0 Å². The summed E-state index contributed by atoms with van der Waals surface area (Å²) in [6, 6.07) is 0. The smallest absolute Gasteiger partial charge is 0.224 e. The van der Waals surface area contributed by atoms with Crippen LogP contribution in [0.2, 0.25) is 0 Å². The lowest BCUT2D eigenvalue weighted by Gasteiger charge is -2.18. The Labute approximate surface area is 109 Å². The molecular weight excluding hydrogens is 240 g/mol. The first kappa shape index (κ1) is 16.2. The molecule has 0 aromatic heterocycles. The van der Waals surface area contributed by atoms with Crippen molar-refractivity contribution >= 4 is 23.4 Å². The molecule has 0 unspecified atom stereocenters. The van der Waals surface area contributed by atoms with Crippen molar-refractivity contribution in [2.45, 2.75) is 39.5 Å². The second-order valence-corrected chi connectivity index (χ2v) is 4.19. The largest absolute Gasteiger partial charge is 0.356 e. The number of rotatable bonds is 9. The lowest BCUT2D eigenvalue weighted by molar-refractivity contribution is -0.130. The molecule has 0 aromatic carbocycles. The molecule has 0 aliphatic heterocycles. The minimum Gasteiger partial charge on any atom is -0.356 e. The Kier molecular flexibility index (Phi) is 9.92. The van der Waals surface area contributed by atoms with Gasteiger partial charge in [-0.15, -0.1) is 11.6 Å². The molecule has 0 atom stereocenters. The first-order valence-electron chi connectivity index (χ1n) is 6.26. The maximum absolute atomic E-state index is 11.6. The van der Waals surface area contributed by atoms with Crippen molar-refractivity contribution in [1.82, 2.24) is 10.2 Å².